The average molecular weight is 585 g/mol. The molecule has 4 amide bonds. The zero-order valence-electron chi connectivity index (χ0n) is 25.0. The normalized spacial score (nSPS) is 27.0. The average Bonchev–Trinajstić information content (AvgIpc) is 3.34. The summed E-state index contributed by atoms with van der Waals surface area (Å²) in [6.07, 6.45) is 2.02. The van der Waals surface area contributed by atoms with Crippen LogP contribution in [-0.4, -0.2) is 108 Å². The number of likely N-dealkylation sites (tertiary alicyclic amines) is 1. The first-order chi connectivity index (χ1) is 20.1. The summed E-state index contributed by atoms with van der Waals surface area (Å²) < 4.78 is 17.1. The summed E-state index contributed by atoms with van der Waals surface area (Å²) >= 11 is 0. The highest BCUT2D eigenvalue weighted by Gasteiger charge is 2.49. The first-order valence-corrected chi connectivity index (χ1v) is 15.2. The molecular formula is C31H44N4O7. The lowest BCUT2D eigenvalue weighted by Crippen LogP contribution is -2.63. The van der Waals surface area contributed by atoms with Crippen LogP contribution in [0, 0.1) is 5.92 Å². The number of amides is 4. The molecule has 0 spiro atoms. The number of fused-ring (bicyclic) bond motifs is 1. The van der Waals surface area contributed by atoms with Crippen molar-refractivity contribution in [2.24, 2.45) is 5.92 Å². The van der Waals surface area contributed by atoms with Crippen LogP contribution in [0.15, 0.2) is 30.3 Å². The van der Waals surface area contributed by atoms with Gasteiger partial charge in [-0.25, -0.2) is 4.79 Å². The van der Waals surface area contributed by atoms with Gasteiger partial charge in [0.1, 0.15) is 17.7 Å². The highest BCUT2D eigenvalue weighted by atomic mass is 16.6. The molecule has 0 aliphatic carbocycles. The second-order valence-electron chi connectivity index (χ2n) is 12.8. The summed E-state index contributed by atoms with van der Waals surface area (Å²) in [7, 11) is 0. The predicted octanol–water partition coefficient (Wildman–Crippen LogP) is 2.33. The second-order valence-corrected chi connectivity index (χ2v) is 12.8. The molecular weight excluding hydrogens is 540 g/mol. The van der Waals surface area contributed by atoms with E-state index in [1.807, 2.05) is 35.2 Å². The summed E-state index contributed by atoms with van der Waals surface area (Å²) in [5.41, 5.74) is 0.353. The second kappa shape index (κ2) is 13.0. The van der Waals surface area contributed by atoms with E-state index in [-0.39, 0.29) is 35.8 Å². The number of nitrogens with one attached hydrogen (secondary N) is 1. The van der Waals surface area contributed by atoms with E-state index in [1.54, 1.807) is 30.6 Å². The minimum atomic E-state index is -0.828. The summed E-state index contributed by atoms with van der Waals surface area (Å²) in [5.74, 6) is -0.543. The maximum Gasteiger partial charge on any atom is 0.408 e. The van der Waals surface area contributed by atoms with Gasteiger partial charge in [-0.15, -0.1) is 0 Å². The SMILES string of the molecule is CC(C)(C)OC(=O)N[C@H]1CC[C@@H](OCc2ccccc2)C[C@H]2CC[C@@H](C(=O)N3CC(C(=O)N4CCOCC4)C3)N2C1=O. The van der Waals surface area contributed by atoms with Gasteiger partial charge in [-0.1, -0.05) is 30.3 Å². The van der Waals surface area contributed by atoms with E-state index >= 15 is 0 Å². The summed E-state index contributed by atoms with van der Waals surface area (Å²) in [6.45, 7) is 8.73. The molecule has 4 saturated heterocycles. The van der Waals surface area contributed by atoms with Crippen LogP contribution in [-0.2, 0) is 35.2 Å². The van der Waals surface area contributed by atoms with Crippen molar-refractivity contribution in [3.8, 4) is 0 Å². The van der Waals surface area contributed by atoms with E-state index in [4.69, 9.17) is 14.2 Å². The highest BCUT2D eigenvalue weighted by Crippen LogP contribution is 2.35. The van der Waals surface area contributed by atoms with Crippen LogP contribution in [0.3, 0.4) is 0 Å². The number of carbonyl (C=O) groups is 4. The van der Waals surface area contributed by atoms with Gasteiger partial charge in [0.2, 0.25) is 17.7 Å². The van der Waals surface area contributed by atoms with Gasteiger partial charge in [0.25, 0.3) is 0 Å². The molecule has 4 atom stereocenters. The fourth-order valence-corrected chi connectivity index (χ4v) is 6.36. The zero-order valence-corrected chi connectivity index (χ0v) is 25.0. The van der Waals surface area contributed by atoms with Crippen molar-refractivity contribution in [1.82, 2.24) is 20.0 Å². The van der Waals surface area contributed by atoms with E-state index in [2.05, 4.69) is 5.32 Å². The van der Waals surface area contributed by atoms with Gasteiger partial charge in [0.05, 0.1) is 31.8 Å². The monoisotopic (exact) mass is 584 g/mol. The fraction of sp³-hybridized carbons (Fsp3) is 0.677. The molecule has 11 nitrogen and oxygen atoms in total. The van der Waals surface area contributed by atoms with Crippen molar-refractivity contribution >= 4 is 23.8 Å². The van der Waals surface area contributed by atoms with Crippen molar-refractivity contribution < 1.29 is 33.4 Å². The van der Waals surface area contributed by atoms with Crippen molar-refractivity contribution in [2.45, 2.75) is 89.3 Å². The molecule has 1 aromatic rings. The Labute approximate surface area is 247 Å². The van der Waals surface area contributed by atoms with Gasteiger partial charge in [-0.3, -0.25) is 14.4 Å². The van der Waals surface area contributed by atoms with Crippen LogP contribution in [0.25, 0.3) is 0 Å². The van der Waals surface area contributed by atoms with Gasteiger partial charge in [-0.2, -0.15) is 0 Å². The lowest BCUT2D eigenvalue weighted by molar-refractivity contribution is -0.157. The molecule has 4 heterocycles. The number of nitrogens with zero attached hydrogens (tertiary/aromatic N) is 3. The molecule has 0 bridgehead atoms. The smallest absolute Gasteiger partial charge is 0.408 e. The summed E-state index contributed by atoms with van der Waals surface area (Å²) in [5, 5.41) is 2.78. The maximum absolute atomic E-state index is 14.0. The quantitative estimate of drug-likeness (QED) is 0.545. The number of benzene rings is 1. The Hall–Kier alpha value is -3.18. The molecule has 42 heavy (non-hydrogen) atoms. The van der Waals surface area contributed by atoms with Crippen molar-refractivity contribution in [3.63, 3.8) is 0 Å². The van der Waals surface area contributed by atoms with Gasteiger partial charge in [0.15, 0.2) is 0 Å². The molecule has 4 fully saturated rings. The van der Waals surface area contributed by atoms with Crippen LogP contribution in [0.4, 0.5) is 4.79 Å². The van der Waals surface area contributed by atoms with Gasteiger partial charge >= 0.3 is 6.09 Å². The number of ether oxygens (including phenoxy) is 3. The molecule has 11 heteroatoms. The third-order valence-electron chi connectivity index (χ3n) is 8.54. The van der Waals surface area contributed by atoms with Gasteiger partial charge in [0, 0.05) is 32.2 Å². The molecule has 1 N–H and O–H groups in total. The van der Waals surface area contributed by atoms with E-state index in [0.717, 1.165) is 5.56 Å². The summed E-state index contributed by atoms with van der Waals surface area (Å²) in [6, 6.07) is 8.30. The van der Waals surface area contributed by atoms with Crippen LogP contribution in [0.1, 0.15) is 58.4 Å². The minimum Gasteiger partial charge on any atom is -0.444 e. The molecule has 1 aromatic carbocycles. The minimum absolute atomic E-state index is 0.0639. The van der Waals surface area contributed by atoms with Gasteiger partial charge < -0.3 is 34.2 Å². The van der Waals surface area contributed by atoms with E-state index in [0.29, 0.717) is 78.1 Å². The Balaban J connectivity index is 1.27. The molecule has 5 rings (SSSR count). The van der Waals surface area contributed by atoms with Crippen LogP contribution in [0.2, 0.25) is 0 Å². The van der Waals surface area contributed by atoms with Crippen molar-refractivity contribution in [2.75, 3.05) is 39.4 Å². The Morgan fingerprint density at radius 3 is 2.36 bits per heavy atom. The molecule has 0 unspecified atom stereocenters. The third kappa shape index (κ3) is 7.23. The van der Waals surface area contributed by atoms with E-state index in [1.165, 1.54) is 0 Å². The lowest BCUT2D eigenvalue weighted by atomic mass is 9.95. The molecule has 0 aromatic heterocycles. The largest absolute Gasteiger partial charge is 0.444 e. The van der Waals surface area contributed by atoms with Crippen LogP contribution >= 0.6 is 0 Å². The van der Waals surface area contributed by atoms with Crippen molar-refractivity contribution in [3.05, 3.63) is 35.9 Å². The fourth-order valence-electron chi connectivity index (χ4n) is 6.36. The Morgan fingerprint density at radius 2 is 1.67 bits per heavy atom. The van der Waals surface area contributed by atoms with E-state index in [9.17, 15) is 19.2 Å². The third-order valence-corrected chi connectivity index (χ3v) is 8.54. The Morgan fingerprint density at radius 1 is 0.952 bits per heavy atom. The first-order valence-electron chi connectivity index (χ1n) is 15.2. The molecule has 4 aliphatic heterocycles. The van der Waals surface area contributed by atoms with Crippen molar-refractivity contribution in [1.29, 1.82) is 0 Å². The van der Waals surface area contributed by atoms with Crippen LogP contribution < -0.4 is 5.32 Å². The topological polar surface area (TPSA) is 118 Å². The van der Waals surface area contributed by atoms with Gasteiger partial charge in [-0.05, 0) is 58.4 Å². The number of hydrogen-bond donors (Lipinski definition) is 1. The Bertz CT molecular complexity index is 1130. The number of rotatable bonds is 6. The molecule has 4 aliphatic rings. The number of morpholine rings is 1. The molecule has 230 valence electrons. The predicted molar refractivity (Wildman–Crippen MR) is 153 cm³/mol. The molecule has 0 radical (unpaired) electrons. The molecule has 0 saturated carbocycles. The highest BCUT2D eigenvalue weighted by molar-refractivity contribution is 5.93. The number of hydrogen-bond acceptors (Lipinski definition) is 7. The zero-order chi connectivity index (χ0) is 29.9. The maximum atomic E-state index is 14.0. The number of carbonyl (C=O) groups excluding carboxylic acids is 4. The standard InChI is InChI=1S/C31H44N4O7/c1-31(2,3)42-30(39)32-25-11-10-24(41-20-21-7-5-4-6-8-21)17-23-9-12-26(35(23)28(25)37)29(38)34-18-22(19-34)27(36)33-13-15-40-16-14-33/h4-8,22-26H,9-20H2,1-3H3,(H,32,39)/t23-,24-,25+,26+/m1/s1. The number of alkyl carbamates (subject to hydrolysis) is 1. The first kappa shape index (κ1) is 30.3. The summed E-state index contributed by atoms with van der Waals surface area (Å²) in [4.78, 5) is 58.5. The lowest BCUT2D eigenvalue weighted by Gasteiger charge is -2.44. The van der Waals surface area contributed by atoms with Crippen LogP contribution in [0.5, 0.6) is 0 Å². The Kier molecular flexibility index (Phi) is 9.37. The van der Waals surface area contributed by atoms with E-state index < -0.39 is 23.8 Å².